The minimum absolute atomic E-state index is 0.0101. The number of alkyl halides is 6. The number of nitrogens with one attached hydrogen (secondary N) is 1. The normalized spacial score (nSPS) is 23.1. The predicted molar refractivity (Wildman–Crippen MR) is 161 cm³/mol. The molecule has 4 atom stereocenters. The lowest BCUT2D eigenvalue weighted by Crippen LogP contribution is -2.61. The van der Waals surface area contributed by atoms with Gasteiger partial charge in [-0.2, -0.15) is 41.6 Å². The monoisotopic (exact) mass is 677 g/mol. The molecule has 3 aliphatic rings. The smallest absolute Gasteiger partial charge is 0.417 e. The predicted octanol–water partition coefficient (Wildman–Crippen LogP) is 5.64. The zero-order chi connectivity index (χ0) is 34.4. The summed E-state index contributed by atoms with van der Waals surface area (Å²) >= 11 is 0. The Hall–Kier alpha value is -4.36. The molecule has 3 aliphatic heterocycles. The van der Waals surface area contributed by atoms with Gasteiger partial charge >= 0.3 is 18.4 Å². The first-order valence-electron chi connectivity index (χ1n) is 15.3. The summed E-state index contributed by atoms with van der Waals surface area (Å²) in [6.45, 7) is 1.46. The van der Waals surface area contributed by atoms with E-state index in [1.54, 1.807) is 11.9 Å². The number of ether oxygens (including phenoxy) is 1. The number of nitriles is 1. The Kier molecular flexibility index (Phi) is 7.44. The van der Waals surface area contributed by atoms with Crippen molar-refractivity contribution in [2.45, 2.75) is 50.2 Å². The van der Waals surface area contributed by atoms with Gasteiger partial charge in [0.15, 0.2) is 5.82 Å². The molecule has 3 fully saturated rings. The van der Waals surface area contributed by atoms with Gasteiger partial charge < -0.3 is 24.6 Å². The number of aryl methyl sites for hydroxylation is 1. The molecule has 4 aromatic rings. The second-order valence-corrected chi connectivity index (χ2v) is 12.8. The van der Waals surface area contributed by atoms with Crippen molar-refractivity contribution in [1.82, 2.24) is 24.8 Å². The molecule has 2 bridgehead atoms. The molecule has 3 saturated heterocycles. The van der Waals surface area contributed by atoms with E-state index in [1.165, 1.54) is 35.6 Å². The van der Waals surface area contributed by atoms with Crippen LogP contribution in [0.4, 0.5) is 36.6 Å². The maximum absolute atomic E-state index is 17.1. The molecule has 9 nitrogen and oxygen atoms in total. The summed E-state index contributed by atoms with van der Waals surface area (Å²) < 4.78 is 110. The van der Waals surface area contributed by atoms with Gasteiger partial charge in [-0.15, -0.1) is 0 Å². The molecule has 5 heterocycles. The van der Waals surface area contributed by atoms with Crippen LogP contribution in [0.15, 0.2) is 18.2 Å². The fourth-order valence-corrected chi connectivity index (χ4v) is 7.46. The Balaban J connectivity index is 1.47. The van der Waals surface area contributed by atoms with Gasteiger partial charge in [0, 0.05) is 66.4 Å². The second-order valence-electron chi connectivity index (χ2n) is 12.8. The van der Waals surface area contributed by atoms with Gasteiger partial charge in [0.1, 0.15) is 35.3 Å². The lowest BCUT2D eigenvalue weighted by Gasteiger charge is -2.46. The van der Waals surface area contributed by atoms with Crippen molar-refractivity contribution in [3.8, 4) is 29.0 Å². The quantitative estimate of drug-likeness (QED) is 0.262. The van der Waals surface area contributed by atoms with Gasteiger partial charge in [-0.25, -0.2) is 4.39 Å². The van der Waals surface area contributed by atoms with Gasteiger partial charge in [0.05, 0.1) is 23.0 Å². The SMILES string of the molecule is Cc1c(-c2c(C(F)(F)F)cc3c(N4CC5CCC(C4)N5)nc(OC[C@@H]4[C@H](C(F)(F)F)CN4C)nc3c2F)c2c(C#N)c(O)ccc2n1C. The fourth-order valence-electron chi connectivity index (χ4n) is 7.46. The number of likely N-dealkylation sites (tertiary alicyclic amines) is 1. The van der Waals surface area contributed by atoms with Crippen LogP contribution in [0, 0.1) is 30.0 Å². The summed E-state index contributed by atoms with van der Waals surface area (Å²) in [5.41, 5.74) is -2.84. The number of hydrogen-bond acceptors (Lipinski definition) is 8. The largest absolute Gasteiger partial charge is 0.507 e. The number of aromatic hydroxyl groups is 1. The molecule has 0 aliphatic carbocycles. The number of anilines is 1. The number of hydrogen-bond donors (Lipinski definition) is 2. The second kappa shape index (κ2) is 11.1. The number of nitrogens with zero attached hydrogens (tertiary/aromatic N) is 6. The summed E-state index contributed by atoms with van der Waals surface area (Å²) in [7, 11) is 3.05. The van der Waals surface area contributed by atoms with Crippen molar-refractivity contribution in [2.75, 3.05) is 38.2 Å². The highest BCUT2D eigenvalue weighted by Crippen LogP contribution is 2.48. The van der Waals surface area contributed by atoms with Gasteiger partial charge in [0.25, 0.3) is 0 Å². The Morgan fingerprint density at radius 1 is 1.04 bits per heavy atom. The van der Waals surface area contributed by atoms with Crippen LogP contribution in [0.2, 0.25) is 0 Å². The molecule has 0 amide bonds. The topological polar surface area (TPSA) is 102 Å². The fraction of sp³-hybridized carbons (Fsp3) is 0.469. The number of benzene rings is 2. The number of aromatic nitrogens is 3. The summed E-state index contributed by atoms with van der Waals surface area (Å²) in [6, 6.07) is 3.75. The van der Waals surface area contributed by atoms with Crippen molar-refractivity contribution in [3.05, 3.63) is 40.8 Å². The standard InChI is InChI=1S/C32H30F7N7O2/c1-14-24(25-18(9-40)23(47)7-6-21(25)45(14)3)26-19(31(34,35)36)8-17-28(27(26)33)42-30(48-13-22-20(12-44(22)2)32(37,38)39)43-29(17)46-10-15-4-5-16(11-46)41-15/h6-8,15-16,20,22,41,47H,4-5,10-13H2,1-3H3/t15?,16?,20-,22-/m1/s1. The highest BCUT2D eigenvalue weighted by atomic mass is 19.4. The van der Waals surface area contributed by atoms with Crippen molar-refractivity contribution in [3.63, 3.8) is 0 Å². The van der Waals surface area contributed by atoms with E-state index in [0.29, 0.717) is 13.1 Å². The highest BCUT2D eigenvalue weighted by molar-refractivity contribution is 6.06. The summed E-state index contributed by atoms with van der Waals surface area (Å²) in [4.78, 5) is 11.8. The van der Waals surface area contributed by atoms with Crippen molar-refractivity contribution >= 4 is 27.6 Å². The molecular weight excluding hydrogens is 647 g/mol. The third kappa shape index (κ3) is 5.06. The van der Waals surface area contributed by atoms with Crippen molar-refractivity contribution in [2.24, 2.45) is 13.0 Å². The molecule has 0 saturated carbocycles. The first-order chi connectivity index (χ1) is 22.6. The van der Waals surface area contributed by atoms with Crippen molar-refractivity contribution in [1.29, 1.82) is 5.26 Å². The minimum Gasteiger partial charge on any atom is -0.507 e. The Labute approximate surface area is 269 Å². The van der Waals surface area contributed by atoms with E-state index in [4.69, 9.17) is 4.74 Å². The average molecular weight is 678 g/mol. The van der Waals surface area contributed by atoms with E-state index >= 15 is 4.39 Å². The molecule has 16 heteroatoms. The summed E-state index contributed by atoms with van der Waals surface area (Å²) in [6.07, 6.45) is -7.92. The van der Waals surface area contributed by atoms with Crippen molar-refractivity contribution < 1.29 is 40.6 Å². The molecule has 2 aromatic carbocycles. The molecule has 2 aromatic heterocycles. The molecule has 254 valence electrons. The minimum atomic E-state index is -5.08. The maximum atomic E-state index is 17.1. The van der Waals surface area contributed by atoms with E-state index in [1.807, 2.05) is 6.07 Å². The number of piperazine rings is 1. The van der Waals surface area contributed by atoms with Crippen LogP contribution in [0.5, 0.6) is 11.8 Å². The Morgan fingerprint density at radius 2 is 1.73 bits per heavy atom. The van der Waals surface area contributed by atoms with Crippen LogP contribution >= 0.6 is 0 Å². The number of halogens is 7. The number of phenolic OH excluding ortho intramolecular Hbond substituents is 1. The summed E-state index contributed by atoms with van der Waals surface area (Å²) in [5.74, 6) is -3.55. The molecule has 0 radical (unpaired) electrons. The zero-order valence-electron chi connectivity index (χ0n) is 26.0. The van der Waals surface area contributed by atoms with Crippen LogP contribution in [0.1, 0.15) is 29.7 Å². The van der Waals surface area contributed by atoms with E-state index in [0.717, 1.165) is 18.9 Å². The van der Waals surface area contributed by atoms with E-state index in [9.17, 15) is 36.7 Å². The van der Waals surface area contributed by atoms with Crippen LogP contribution < -0.4 is 15.0 Å². The Morgan fingerprint density at radius 3 is 2.33 bits per heavy atom. The number of rotatable bonds is 5. The third-order valence-electron chi connectivity index (χ3n) is 10.0. The first-order valence-corrected chi connectivity index (χ1v) is 15.3. The molecule has 7 rings (SSSR count). The van der Waals surface area contributed by atoms with Crippen LogP contribution in [-0.2, 0) is 13.2 Å². The summed E-state index contributed by atoms with van der Waals surface area (Å²) in [5, 5.41) is 23.4. The maximum Gasteiger partial charge on any atom is 0.417 e. The molecule has 0 spiro atoms. The number of fused-ring (bicyclic) bond motifs is 4. The van der Waals surface area contributed by atoms with E-state index in [-0.39, 0.29) is 57.6 Å². The Bertz CT molecular complexity index is 1990. The lowest BCUT2D eigenvalue weighted by atomic mass is 9.89. The first kappa shape index (κ1) is 32.2. The molecule has 2 N–H and O–H groups in total. The highest BCUT2D eigenvalue weighted by Gasteiger charge is 2.53. The van der Waals surface area contributed by atoms with Gasteiger partial charge in [0.2, 0.25) is 0 Å². The van der Waals surface area contributed by atoms with Crippen LogP contribution in [0.25, 0.3) is 32.9 Å². The van der Waals surface area contributed by atoms with Gasteiger partial charge in [-0.05, 0) is 45.0 Å². The van der Waals surface area contributed by atoms with E-state index in [2.05, 4.69) is 15.3 Å². The van der Waals surface area contributed by atoms with Gasteiger partial charge in [-0.3, -0.25) is 4.90 Å². The zero-order valence-corrected chi connectivity index (χ0v) is 26.0. The molecule has 48 heavy (non-hydrogen) atoms. The molecular formula is C32H30F7N7O2. The third-order valence-corrected chi connectivity index (χ3v) is 10.0. The van der Waals surface area contributed by atoms with E-state index < -0.39 is 65.1 Å². The van der Waals surface area contributed by atoms with Gasteiger partial charge in [-0.1, -0.05) is 0 Å². The van der Waals surface area contributed by atoms with Crippen LogP contribution in [-0.4, -0.2) is 82.1 Å². The lowest BCUT2D eigenvalue weighted by molar-refractivity contribution is -0.230. The number of likely N-dealkylation sites (N-methyl/N-ethyl adjacent to an activating group) is 1. The molecule has 2 unspecified atom stereocenters. The number of phenols is 1. The van der Waals surface area contributed by atoms with Crippen LogP contribution in [0.3, 0.4) is 0 Å². The average Bonchev–Trinajstić information content (AvgIpc) is 3.48.